The van der Waals surface area contributed by atoms with Gasteiger partial charge in [-0.15, -0.1) is 0 Å². The van der Waals surface area contributed by atoms with Gasteiger partial charge in [0.2, 0.25) is 10.0 Å². The van der Waals surface area contributed by atoms with Crippen LogP contribution in [0.15, 0.2) is 71.6 Å². The van der Waals surface area contributed by atoms with Gasteiger partial charge >= 0.3 is 0 Å². The maximum absolute atomic E-state index is 13.9. The molecule has 1 amide bonds. The predicted molar refractivity (Wildman–Crippen MR) is 155 cm³/mol. The maximum Gasteiger partial charge on any atom is 0.251 e. The van der Waals surface area contributed by atoms with E-state index in [0.29, 0.717) is 19.4 Å². The summed E-state index contributed by atoms with van der Waals surface area (Å²) in [5.41, 5.74) is 2.48. The minimum absolute atomic E-state index is 0.0442. The first-order chi connectivity index (χ1) is 20.1. The summed E-state index contributed by atoms with van der Waals surface area (Å²) in [7, 11) is -3.95. The number of halogens is 2. The number of hydrogen-bond acceptors (Lipinski definition) is 6. The van der Waals surface area contributed by atoms with Crippen LogP contribution in [-0.2, 0) is 29.4 Å². The van der Waals surface area contributed by atoms with Gasteiger partial charge in [-0.25, -0.2) is 17.2 Å². The van der Waals surface area contributed by atoms with Gasteiger partial charge in [-0.05, 0) is 72.7 Å². The Morgan fingerprint density at radius 1 is 1.02 bits per heavy atom. The van der Waals surface area contributed by atoms with E-state index in [1.54, 1.807) is 0 Å². The fraction of sp³-hybridized carbons (Fsp3) is 0.387. The number of sulfonamides is 1. The van der Waals surface area contributed by atoms with Gasteiger partial charge in [-0.2, -0.15) is 4.31 Å². The third-order valence-corrected chi connectivity index (χ3v) is 9.43. The van der Waals surface area contributed by atoms with Crippen molar-refractivity contribution in [1.29, 1.82) is 0 Å². The standard InChI is InChI=1S/C31H37F2N3O5S/c1-2-21-6-3-7-22(12-21)18-34-19-30(38)29(15-23-13-25(32)17-26(33)14-23)35-31(39)24-8-4-10-28(16-24)42(40,41)36-11-5-9-27(36)20-37/h3-4,6-8,10,12-14,16-17,27,29-30,34,37-38H,2,5,9,11,15,18-20H2,1H3,(H,35,39)/t27-,29+,30-/m1/s1. The van der Waals surface area contributed by atoms with Gasteiger partial charge in [0.25, 0.3) is 5.91 Å². The Hall–Kier alpha value is -3.22. The molecule has 1 saturated heterocycles. The van der Waals surface area contributed by atoms with Crippen LogP contribution in [0.4, 0.5) is 8.78 Å². The normalized spacial score (nSPS) is 17.2. The number of amides is 1. The summed E-state index contributed by atoms with van der Waals surface area (Å²) in [5, 5.41) is 26.6. The minimum Gasteiger partial charge on any atom is -0.395 e. The van der Waals surface area contributed by atoms with Crippen molar-refractivity contribution in [2.24, 2.45) is 0 Å². The van der Waals surface area contributed by atoms with Crippen LogP contribution in [0.5, 0.6) is 0 Å². The second-order valence-corrected chi connectivity index (χ2v) is 12.4. The number of benzene rings is 3. The van der Waals surface area contributed by atoms with Crippen LogP contribution in [0.2, 0.25) is 0 Å². The molecular weight excluding hydrogens is 564 g/mol. The van der Waals surface area contributed by atoms with Crippen LogP contribution in [-0.4, -0.2) is 66.7 Å². The summed E-state index contributed by atoms with van der Waals surface area (Å²) >= 11 is 0. The Balaban J connectivity index is 1.51. The molecule has 226 valence electrons. The number of rotatable bonds is 13. The molecule has 0 spiro atoms. The molecule has 0 radical (unpaired) electrons. The monoisotopic (exact) mass is 601 g/mol. The molecule has 0 unspecified atom stereocenters. The number of nitrogens with zero attached hydrogens (tertiary/aromatic N) is 1. The van der Waals surface area contributed by atoms with Crippen LogP contribution in [0.1, 0.15) is 46.8 Å². The van der Waals surface area contributed by atoms with Crippen molar-refractivity contribution in [2.75, 3.05) is 19.7 Å². The smallest absolute Gasteiger partial charge is 0.251 e. The van der Waals surface area contributed by atoms with Crippen molar-refractivity contribution in [2.45, 2.75) is 62.2 Å². The zero-order valence-corrected chi connectivity index (χ0v) is 24.3. The lowest BCUT2D eigenvalue weighted by Gasteiger charge is -2.25. The number of hydrogen-bond donors (Lipinski definition) is 4. The molecule has 0 aliphatic carbocycles. The van der Waals surface area contributed by atoms with Crippen LogP contribution in [0.3, 0.4) is 0 Å². The van der Waals surface area contributed by atoms with Gasteiger partial charge in [-0.1, -0.05) is 37.3 Å². The molecule has 1 aliphatic heterocycles. The minimum atomic E-state index is -3.95. The third kappa shape index (κ3) is 7.99. The molecule has 1 aliphatic rings. The quantitative estimate of drug-likeness (QED) is 0.239. The Morgan fingerprint density at radius 2 is 1.74 bits per heavy atom. The molecule has 3 aromatic carbocycles. The molecule has 42 heavy (non-hydrogen) atoms. The van der Waals surface area contributed by atoms with Crippen molar-refractivity contribution in [3.8, 4) is 0 Å². The summed E-state index contributed by atoms with van der Waals surface area (Å²) in [6, 6.07) is 15.1. The molecule has 0 bridgehead atoms. The molecule has 8 nitrogen and oxygen atoms in total. The Bertz CT molecular complexity index is 1470. The fourth-order valence-electron chi connectivity index (χ4n) is 5.23. The second kappa shape index (κ2) is 14.3. The maximum atomic E-state index is 13.9. The van der Waals surface area contributed by atoms with Crippen molar-refractivity contribution in [1.82, 2.24) is 14.9 Å². The highest BCUT2D eigenvalue weighted by Gasteiger charge is 2.35. The van der Waals surface area contributed by atoms with E-state index in [-0.39, 0.29) is 42.1 Å². The first kappa shape index (κ1) is 31.7. The lowest BCUT2D eigenvalue weighted by atomic mass is 10.00. The highest BCUT2D eigenvalue weighted by Crippen LogP contribution is 2.26. The van der Waals surface area contributed by atoms with E-state index in [2.05, 4.69) is 23.6 Å². The molecule has 1 heterocycles. The molecule has 1 fully saturated rings. The first-order valence-corrected chi connectivity index (χ1v) is 15.5. The summed E-state index contributed by atoms with van der Waals surface area (Å²) < 4.78 is 55.6. The van der Waals surface area contributed by atoms with Gasteiger partial charge < -0.3 is 20.8 Å². The predicted octanol–water partition coefficient (Wildman–Crippen LogP) is 3.16. The van der Waals surface area contributed by atoms with Crippen molar-refractivity contribution < 1.29 is 32.2 Å². The Kier molecular flexibility index (Phi) is 10.8. The van der Waals surface area contributed by atoms with Crippen molar-refractivity contribution >= 4 is 15.9 Å². The highest BCUT2D eigenvalue weighted by molar-refractivity contribution is 7.89. The Labute approximate surface area is 245 Å². The van der Waals surface area contributed by atoms with E-state index in [0.717, 1.165) is 30.2 Å². The van der Waals surface area contributed by atoms with Gasteiger partial charge in [-0.3, -0.25) is 4.79 Å². The lowest BCUT2D eigenvalue weighted by molar-refractivity contribution is 0.0829. The topological polar surface area (TPSA) is 119 Å². The van der Waals surface area contributed by atoms with Crippen LogP contribution in [0.25, 0.3) is 0 Å². The lowest BCUT2D eigenvalue weighted by Crippen LogP contribution is -2.48. The molecule has 0 saturated carbocycles. The van der Waals surface area contributed by atoms with Gasteiger partial charge in [0.05, 0.1) is 23.6 Å². The van der Waals surface area contributed by atoms with E-state index in [1.165, 1.54) is 34.1 Å². The fourth-order valence-corrected chi connectivity index (χ4v) is 6.96. The molecule has 0 aromatic heterocycles. The number of aryl methyl sites for hydroxylation is 1. The molecule has 3 aromatic rings. The average Bonchev–Trinajstić information content (AvgIpc) is 3.46. The third-order valence-electron chi connectivity index (χ3n) is 7.48. The van der Waals surface area contributed by atoms with E-state index < -0.39 is 45.8 Å². The average molecular weight is 602 g/mol. The number of nitrogens with one attached hydrogen (secondary N) is 2. The number of carbonyl (C=O) groups excluding carboxylic acids is 1. The number of aliphatic hydroxyl groups excluding tert-OH is 2. The summed E-state index contributed by atoms with van der Waals surface area (Å²) in [4.78, 5) is 13.2. The summed E-state index contributed by atoms with van der Waals surface area (Å²) in [6.45, 7) is 2.58. The van der Waals surface area contributed by atoms with Gasteiger partial charge in [0.15, 0.2) is 0 Å². The highest BCUT2D eigenvalue weighted by atomic mass is 32.2. The first-order valence-electron chi connectivity index (χ1n) is 14.1. The van der Waals surface area contributed by atoms with Crippen LogP contribution in [0, 0.1) is 11.6 Å². The van der Waals surface area contributed by atoms with E-state index in [9.17, 15) is 32.2 Å². The van der Waals surface area contributed by atoms with E-state index >= 15 is 0 Å². The SMILES string of the molecule is CCc1cccc(CNC[C@@H](O)[C@H](Cc2cc(F)cc(F)c2)NC(=O)c2cccc(S(=O)(=O)N3CCC[C@@H]3CO)c2)c1. The van der Waals surface area contributed by atoms with Gasteiger partial charge in [0.1, 0.15) is 11.6 Å². The molecular formula is C31H37F2N3O5S. The molecule has 11 heteroatoms. The van der Waals surface area contributed by atoms with Crippen LogP contribution >= 0.6 is 0 Å². The molecule has 4 rings (SSSR count). The number of aliphatic hydroxyl groups is 2. The van der Waals surface area contributed by atoms with Crippen molar-refractivity contribution in [3.63, 3.8) is 0 Å². The summed E-state index contributed by atoms with van der Waals surface area (Å²) in [6.07, 6.45) is 0.851. The number of carbonyl (C=O) groups is 1. The zero-order valence-electron chi connectivity index (χ0n) is 23.5. The zero-order chi connectivity index (χ0) is 30.3. The van der Waals surface area contributed by atoms with Crippen LogP contribution < -0.4 is 10.6 Å². The largest absolute Gasteiger partial charge is 0.395 e. The molecule has 3 atom stereocenters. The van der Waals surface area contributed by atoms with Crippen molar-refractivity contribution in [3.05, 3.63) is 101 Å². The van der Waals surface area contributed by atoms with Gasteiger partial charge in [0, 0.05) is 37.3 Å². The van der Waals surface area contributed by atoms with E-state index in [4.69, 9.17) is 0 Å². The Morgan fingerprint density at radius 3 is 2.45 bits per heavy atom. The molecule has 4 N–H and O–H groups in total. The second-order valence-electron chi connectivity index (χ2n) is 10.6. The van der Waals surface area contributed by atoms with E-state index in [1.807, 2.05) is 18.2 Å². The summed E-state index contributed by atoms with van der Waals surface area (Å²) in [5.74, 6) is -2.21.